The van der Waals surface area contributed by atoms with Crippen molar-refractivity contribution < 1.29 is 4.74 Å². The fraction of sp³-hybridized carbons (Fsp3) is 0.714. The molecule has 1 aromatic heterocycles. The Kier molecular flexibility index (Phi) is 4.33. The molecule has 0 saturated carbocycles. The fourth-order valence-electron chi connectivity index (χ4n) is 3.06. The number of halogens is 1. The molecule has 0 N–H and O–H groups in total. The van der Waals surface area contributed by atoms with Crippen molar-refractivity contribution in [3.05, 3.63) is 17.6 Å². The first kappa shape index (κ1) is 13.3. The van der Waals surface area contributed by atoms with Crippen LogP contribution >= 0.6 is 15.9 Å². The third-order valence-electron chi connectivity index (χ3n) is 4.02. The van der Waals surface area contributed by atoms with E-state index in [4.69, 9.17) is 4.74 Å². The summed E-state index contributed by atoms with van der Waals surface area (Å²) in [4.78, 5) is 11.3. The Morgan fingerprint density at radius 1 is 1.26 bits per heavy atom. The van der Waals surface area contributed by atoms with Gasteiger partial charge in [0.1, 0.15) is 12.1 Å². The molecule has 0 atom stereocenters. The number of rotatable bonds is 4. The van der Waals surface area contributed by atoms with E-state index in [0.29, 0.717) is 6.10 Å². The first-order chi connectivity index (χ1) is 9.38. The van der Waals surface area contributed by atoms with Gasteiger partial charge in [-0.3, -0.25) is 0 Å². The molecule has 1 aromatic rings. The van der Waals surface area contributed by atoms with Gasteiger partial charge in [-0.15, -0.1) is 0 Å². The maximum absolute atomic E-state index is 5.80. The molecule has 5 heteroatoms. The van der Waals surface area contributed by atoms with E-state index in [9.17, 15) is 0 Å². The van der Waals surface area contributed by atoms with Crippen molar-refractivity contribution in [3.63, 3.8) is 0 Å². The predicted molar refractivity (Wildman–Crippen MR) is 79.0 cm³/mol. The summed E-state index contributed by atoms with van der Waals surface area (Å²) < 4.78 is 5.80. The highest BCUT2D eigenvalue weighted by molar-refractivity contribution is 9.09. The third-order valence-corrected chi connectivity index (χ3v) is 4.35. The lowest BCUT2D eigenvalue weighted by Crippen LogP contribution is -2.38. The Morgan fingerprint density at radius 2 is 2.11 bits per heavy atom. The first-order valence-electron chi connectivity index (χ1n) is 7.13. The Morgan fingerprint density at radius 3 is 2.89 bits per heavy atom. The molecule has 1 aliphatic heterocycles. The third kappa shape index (κ3) is 2.92. The number of hydrogen-bond acceptors (Lipinski definition) is 4. The SMILES string of the molecule is BrCCOC1CCN(c2ncnc3c2CCC3)CC1. The number of hydrogen-bond donors (Lipinski definition) is 0. The van der Waals surface area contributed by atoms with E-state index in [1.54, 1.807) is 6.33 Å². The number of anilines is 1. The summed E-state index contributed by atoms with van der Waals surface area (Å²) in [5.41, 5.74) is 2.66. The molecule has 0 amide bonds. The van der Waals surface area contributed by atoms with Crippen LogP contribution in [-0.2, 0) is 17.6 Å². The van der Waals surface area contributed by atoms with Crippen molar-refractivity contribution in [2.75, 3.05) is 29.9 Å². The number of alkyl halides is 1. The minimum Gasteiger partial charge on any atom is -0.377 e. The van der Waals surface area contributed by atoms with Crippen LogP contribution in [0.15, 0.2) is 6.33 Å². The Bertz CT molecular complexity index is 433. The van der Waals surface area contributed by atoms with E-state index in [2.05, 4.69) is 30.8 Å². The van der Waals surface area contributed by atoms with Gasteiger partial charge in [-0.1, -0.05) is 15.9 Å². The molecular formula is C14H20BrN3O. The molecule has 2 aliphatic rings. The molecule has 19 heavy (non-hydrogen) atoms. The molecule has 0 spiro atoms. The molecular weight excluding hydrogens is 306 g/mol. The summed E-state index contributed by atoms with van der Waals surface area (Å²) in [5, 5.41) is 0.923. The van der Waals surface area contributed by atoms with Crippen LogP contribution in [0.3, 0.4) is 0 Å². The summed E-state index contributed by atoms with van der Waals surface area (Å²) in [6.45, 7) is 2.92. The highest BCUT2D eigenvalue weighted by Gasteiger charge is 2.25. The average molecular weight is 326 g/mol. The van der Waals surface area contributed by atoms with E-state index in [1.165, 1.54) is 23.5 Å². The number of aryl methyl sites for hydroxylation is 1. The second kappa shape index (κ2) is 6.18. The smallest absolute Gasteiger partial charge is 0.135 e. The Labute approximate surface area is 122 Å². The zero-order valence-electron chi connectivity index (χ0n) is 11.1. The summed E-state index contributed by atoms with van der Waals surface area (Å²) in [6, 6.07) is 0. The molecule has 4 nitrogen and oxygen atoms in total. The van der Waals surface area contributed by atoms with Gasteiger partial charge in [-0.2, -0.15) is 0 Å². The van der Waals surface area contributed by atoms with Crippen LogP contribution in [0.1, 0.15) is 30.5 Å². The number of fused-ring (bicyclic) bond motifs is 1. The maximum atomic E-state index is 5.80. The van der Waals surface area contributed by atoms with Gasteiger partial charge in [0.05, 0.1) is 12.7 Å². The lowest BCUT2D eigenvalue weighted by Gasteiger charge is -2.33. The molecule has 0 aromatic carbocycles. The molecule has 3 rings (SSSR count). The van der Waals surface area contributed by atoms with Crippen molar-refractivity contribution in [3.8, 4) is 0 Å². The molecule has 0 unspecified atom stereocenters. The van der Waals surface area contributed by atoms with Crippen LogP contribution in [0, 0.1) is 0 Å². The lowest BCUT2D eigenvalue weighted by molar-refractivity contribution is 0.0480. The van der Waals surface area contributed by atoms with Crippen molar-refractivity contribution >= 4 is 21.7 Å². The average Bonchev–Trinajstić information content (AvgIpc) is 2.94. The molecule has 1 saturated heterocycles. The summed E-state index contributed by atoms with van der Waals surface area (Å²) >= 11 is 3.41. The summed E-state index contributed by atoms with van der Waals surface area (Å²) in [6.07, 6.45) is 7.85. The monoisotopic (exact) mass is 325 g/mol. The van der Waals surface area contributed by atoms with Gasteiger partial charge in [0.25, 0.3) is 0 Å². The molecule has 1 fully saturated rings. The first-order valence-corrected chi connectivity index (χ1v) is 8.26. The molecule has 104 valence electrons. The van der Waals surface area contributed by atoms with Gasteiger partial charge in [0.15, 0.2) is 0 Å². The van der Waals surface area contributed by atoms with E-state index in [-0.39, 0.29) is 0 Å². The van der Waals surface area contributed by atoms with Crippen LogP contribution < -0.4 is 4.90 Å². The van der Waals surface area contributed by atoms with Gasteiger partial charge in [0, 0.05) is 29.7 Å². The van der Waals surface area contributed by atoms with Crippen LogP contribution in [0.5, 0.6) is 0 Å². The van der Waals surface area contributed by atoms with Gasteiger partial charge in [-0.05, 0) is 32.1 Å². The van der Waals surface area contributed by atoms with Gasteiger partial charge >= 0.3 is 0 Å². The van der Waals surface area contributed by atoms with E-state index < -0.39 is 0 Å². The molecule has 0 radical (unpaired) electrons. The second-order valence-corrected chi connectivity index (χ2v) is 6.02. The highest BCUT2D eigenvalue weighted by atomic mass is 79.9. The number of piperidine rings is 1. The van der Waals surface area contributed by atoms with Gasteiger partial charge in [-0.25, -0.2) is 9.97 Å². The Hall–Kier alpha value is -0.680. The highest BCUT2D eigenvalue weighted by Crippen LogP contribution is 2.29. The van der Waals surface area contributed by atoms with Gasteiger partial charge in [0.2, 0.25) is 0 Å². The predicted octanol–water partition coefficient (Wildman–Crippen LogP) is 2.35. The van der Waals surface area contributed by atoms with E-state index >= 15 is 0 Å². The number of ether oxygens (including phenoxy) is 1. The van der Waals surface area contributed by atoms with Crippen molar-refractivity contribution in [2.24, 2.45) is 0 Å². The number of aromatic nitrogens is 2. The van der Waals surface area contributed by atoms with Crippen LogP contribution in [0.25, 0.3) is 0 Å². The zero-order valence-corrected chi connectivity index (χ0v) is 12.7. The molecule has 0 bridgehead atoms. The van der Waals surface area contributed by atoms with Gasteiger partial charge < -0.3 is 9.64 Å². The number of nitrogens with zero attached hydrogens (tertiary/aromatic N) is 3. The van der Waals surface area contributed by atoms with Crippen LogP contribution in [0.2, 0.25) is 0 Å². The molecule has 2 heterocycles. The van der Waals surface area contributed by atoms with E-state index in [0.717, 1.165) is 50.7 Å². The van der Waals surface area contributed by atoms with E-state index in [1.807, 2.05) is 0 Å². The fourth-order valence-corrected chi connectivity index (χ4v) is 3.25. The summed E-state index contributed by atoms with van der Waals surface area (Å²) in [7, 11) is 0. The quantitative estimate of drug-likeness (QED) is 0.796. The van der Waals surface area contributed by atoms with Crippen LogP contribution in [0.4, 0.5) is 5.82 Å². The molecule has 1 aliphatic carbocycles. The Balaban J connectivity index is 1.64. The topological polar surface area (TPSA) is 38.2 Å². The summed E-state index contributed by atoms with van der Waals surface area (Å²) in [5.74, 6) is 1.18. The second-order valence-electron chi connectivity index (χ2n) is 5.22. The zero-order chi connectivity index (χ0) is 13.1. The van der Waals surface area contributed by atoms with Crippen molar-refractivity contribution in [1.82, 2.24) is 9.97 Å². The maximum Gasteiger partial charge on any atom is 0.135 e. The minimum atomic E-state index is 0.420. The largest absolute Gasteiger partial charge is 0.377 e. The van der Waals surface area contributed by atoms with Crippen LogP contribution in [-0.4, -0.2) is 41.1 Å². The normalized spacial score (nSPS) is 19.7. The van der Waals surface area contributed by atoms with Crippen molar-refractivity contribution in [2.45, 2.75) is 38.2 Å². The minimum absolute atomic E-state index is 0.420. The van der Waals surface area contributed by atoms with Crippen molar-refractivity contribution in [1.29, 1.82) is 0 Å². The standard InChI is InChI=1S/C14H20BrN3O/c15-6-9-19-11-4-7-18(8-5-11)14-12-2-1-3-13(12)16-10-17-14/h10-11H,1-9H2. The lowest BCUT2D eigenvalue weighted by atomic mass is 10.1.